The molecule has 5 heteroatoms. The molecule has 1 aromatic rings. The minimum atomic E-state index is -1.01. The summed E-state index contributed by atoms with van der Waals surface area (Å²) in [7, 11) is 0. The smallest absolute Gasteiger partial charge is 0.248 e. The molecule has 19 heavy (non-hydrogen) atoms. The first-order chi connectivity index (χ1) is 8.75. The molecule has 1 atom stereocenters. The second-order valence-electron chi connectivity index (χ2n) is 5.59. The fraction of sp³-hybridized carbons (Fsp3) is 0.500. The van der Waals surface area contributed by atoms with E-state index in [0.717, 1.165) is 9.80 Å². The van der Waals surface area contributed by atoms with Crippen molar-refractivity contribution in [3.05, 3.63) is 40.9 Å². The van der Waals surface area contributed by atoms with Crippen LogP contribution in [0.1, 0.15) is 39.7 Å². The number of halogens is 1. The van der Waals surface area contributed by atoms with E-state index >= 15 is 0 Å². The summed E-state index contributed by atoms with van der Waals surface area (Å²) < 4.78 is 13.8. The lowest BCUT2D eigenvalue weighted by atomic mass is 9.92. The van der Waals surface area contributed by atoms with Crippen LogP contribution < -0.4 is 0 Å². The van der Waals surface area contributed by atoms with Gasteiger partial charge in [-0.25, -0.2) is 4.39 Å². The van der Waals surface area contributed by atoms with Crippen LogP contribution in [0.5, 0.6) is 0 Å². The van der Waals surface area contributed by atoms with E-state index in [4.69, 9.17) is 0 Å². The van der Waals surface area contributed by atoms with E-state index in [1.807, 2.05) is 6.92 Å². The van der Waals surface area contributed by atoms with Crippen LogP contribution in [-0.4, -0.2) is 31.9 Å². The average Bonchev–Trinajstić information content (AvgIpc) is 2.51. The topological polar surface area (TPSA) is 49.5 Å². The molecule has 0 aliphatic carbocycles. The third-order valence-corrected chi connectivity index (χ3v) is 3.99. The Hall–Kier alpha value is -1.46. The molecule has 0 spiro atoms. The minimum Gasteiger partial charge on any atom is -0.622 e. The van der Waals surface area contributed by atoms with Crippen molar-refractivity contribution in [2.75, 3.05) is 0 Å². The molecule has 104 valence electrons. The first kappa shape index (κ1) is 14.0. The van der Waals surface area contributed by atoms with E-state index in [0.29, 0.717) is 17.7 Å². The highest BCUT2D eigenvalue weighted by molar-refractivity contribution is 6.04. The van der Waals surface area contributed by atoms with Gasteiger partial charge in [-0.15, -0.1) is 5.06 Å². The van der Waals surface area contributed by atoms with Crippen LogP contribution in [0.15, 0.2) is 24.3 Å². The van der Waals surface area contributed by atoms with Gasteiger partial charge in [0.1, 0.15) is 11.4 Å². The third kappa shape index (κ3) is 1.84. The van der Waals surface area contributed by atoms with Gasteiger partial charge in [0.25, 0.3) is 0 Å². The summed E-state index contributed by atoms with van der Waals surface area (Å²) in [5.74, 6) is -0.350. The quantitative estimate of drug-likeness (QED) is 0.661. The lowest BCUT2D eigenvalue weighted by molar-refractivity contribution is -0.586. The van der Waals surface area contributed by atoms with Crippen molar-refractivity contribution in [2.24, 2.45) is 0 Å². The summed E-state index contributed by atoms with van der Waals surface area (Å²) >= 11 is 0. The molecule has 1 heterocycles. The predicted octanol–water partition coefficient (Wildman–Crippen LogP) is 2.73. The standard InChI is InChI=1S/C14H19FN2O2/c1-5-14(4)16(18)12(13(2,3)17(14)19)10-6-8-11(15)9-7-10/h6-9,19H,5H2,1-4H3/t14-/m1/s1. The maximum atomic E-state index is 13.0. The Bertz CT molecular complexity index is 525. The molecule has 0 saturated carbocycles. The van der Waals surface area contributed by atoms with Crippen LogP contribution in [0.3, 0.4) is 0 Å². The molecule has 0 amide bonds. The van der Waals surface area contributed by atoms with E-state index in [9.17, 15) is 14.8 Å². The Balaban J connectivity index is 2.62. The van der Waals surface area contributed by atoms with Gasteiger partial charge in [0.2, 0.25) is 11.4 Å². The van der Waals surface area contributed by atoms with Crippen molar-refractivity contribution in [3.8, 4) is 0 Å². The Morgan fingerprint density at radius 1 is 1.26 bits per heavy atom. The zero-order chi connectivity index (χ0) is 14.4. The van der Waals surface area contributed by atoms with Crippen molar-refractivity contribution in [3.63, 3.8) is 0 Å². The van der Waals surface area contributed by atoms with Gasteiger partial charge in [-0.1, -0.05) is 6.92 Å². The number of hydrogen-bond donors (Lipinski definition) is 1. The highest BCUT2D eigenvalue weighted by atomic mass is 19.1. The van der Waals surface area contributed by atoms with Gasteiger partial charge in [-0.3, -0.25) is 0 Å². The van der Waals surface area contributed by atoms with Crippen molar-refractivity contribution in [1.29, 1.82) is 0 Å². The molecule has 2 rings (SSSR count). The monoisotopic (exact) mass is 266 g/mol. The molecular formula is C14H19FN2O2. The molecule has 0 fully saturated rings. The van der Waals surface area contributed by atoms with E-state index in [1.54, 1.807) is 32.9 Å². The van der Waals surface area contributed by atoms with Crippen LogP contribution in [0.4, 0.5) is 4.39 Å². The number of hydroxylamine groups is 3. The zero-order valence-corrected chi connectivity index (χ0v) is 11.6. The van der Waals surface area contributed by atoms with Gasteiger partial charge in [-0.2, -0.15) is 4.74 Å². The lowest BCUT2D eigenvalue weighted by Crippen LogP contribution is -2.52. The second-order valence-corrected chi connectivity index (χ2v) is 5.59. The first-order valence-corrected chi connectivity index (χ1v) is 6.35. The predicted molar refractivity (Wildman–Crippen MR) is 70.5 cm³/mol. The van der Waals surface area contributed by atoms with Crippen molar-refractivity contribution < 1.29 is 14.3 Å². The summed E-state index contributed by atoms with van der Waals surface area (Å²) in [6, 6.07) is 5.75. The van der Waals surface area contributed by atoms with Gasteiger partial charge in [0.05, 0.1) is 0 Å². The van der Waals surface area contributed by atoms with Crippen LogP contribution in [0, 0.1) is 11.0 Å². The molecule has 0 aromatic heterocycles. The minimum absolute atomic E-state index is 0.350. The van der Waals surface area contributed by atoms with Gasteiger partial charge >= 0.3 is 0 Å². The SMILES string of the molecule is CC[C@@]1(C)N(O)C(C)(C)C(c2ccc(F)cc2)=[N+]1[O-]. The molecule has 1 aromatic carbocycles. The summed E-state index contributed by atoms with van der Waals surface area (Å²) in [5.41, 5.74) is -0.769. The molecule has 0 unspecified atom stereocenters. The van der Waals surface area contributed by atoms with Crippen molar-refractivity contribution in [1.82, 2.24) is 5.06 Å². The van der Waals surface area contributed by atoms with Gasteiger partial charge < -0.3 is 10.4 Å². The molecule has 0 radical (unpaired) electrons. The van der Waals surface area contributed by atoms with Crippen molar-refractivity contribution in [2.45, 2.75) is 45.3 Å². The summed E-state index contributed by atoms with van der Waals surface area (Å²) in [6.45, 7) is 7.09. The molecule has 4 nitrogen and oxygen atoms in total. The van der Waals surface area contributed by atoms with Crippen LogP contribution >= 0.6 is 0 Å². The Morgan fingerprint density at radius 3 is 2.21 bits per heavy atom. The fourth-order valence-electron chi connectivity index (χ4n) is 2.65. The van der Waals surface area contributed by atoms with Crippen LogP contribution in [0.25, 0.3) is 0 Å². The molecule has 1 N–H and O–H groups in total. The van der Waals surface area contributed by atoms with Crippen molar-refractivity contribution >= 4 is 5.71 Å². The lowest BCUT2D eigenvalue weighted by Gasteiger charge is -2.32. The summed E-state index contributed by atoms with van der Waals surface area (Å²) in [4.78, 5) is 0. The summed E-state index contributed by atoms with van der Waals surface area (Å²) in [5, 5.41) is 24.0. The number of rotatable bonds is 2. The Morgan fingerprint density at radius 2 is 1.79 bits per heavy atom. The fourth-order valence-corrected chi connectivity index (χ4v) is 2.65. The van der Waals surface area contributed by atoms with E-state index in [2.05, 4.69) is 0 Å². The summed E-state index contributed by atoms with van der Waals surface area (Å²) in [6.07, 6.45) is 0.473. The highest BCUT2D eigenvalue weighted by Gasteiger charge is 2.58. The molecule has 0 saturated heterocycles. The van der Waals surface area contributed by atoms with Crippen LogP contribution in [-0.2, 0) is 0 Å². The van der Waals surface area contributed by atoms with Gasteiger partial charge in [0.15, 0.2) is 0 Å². The Kier molecular flexibility index (Phi) is 3.15. The average molecular weight is 266 g/mol. The highest BCUT2D eigenvalue weighted by Crippen LogP contribution is 2.36. The maximum absolute atomic E-state index is 13.0. The molecule has 1 aliphatic rings. The molecule has 1 aliphatic heterocycles. The zero-order valence-electron chi connectivity index (χ0n) is 11.6. The largest absolute Gasteiger partial charge is 0.622 e. The maximum Gasteiger partial charge on any atom is 0.248 e. The van der Waals surface area contributed by atoms with Gasteiger partial charge in [0, 0.05) is 18.9 Å². The second kappa shape index (κ2) is 4.28. The van der Waals surface area contributed by atoms with E-state index < -0.39 is 11.2 Å². The normalized spacial score (nSPS) is 27.1. The third-order valence-electron chi connectivity index (χ3n) is 3.99. The van der Waals surface area contributed by atoms with Crippen LogP contribution in [0.2, 0.25) is 0 Å². The number of hydrogen-bond acceptors (Lipinski definition) is 3. The van der Waals surface area contributed by atoms with Gasteiger partial charge in [-0.05, 0) is 38.1 Å². The molecule has 0 bridgehead atoms. The number of benzene rings is 1. The molecular weight excluding hydrogens is 247 g/mol. The van der Waals surface area contributed by atoms with E-state index in [1.165, 1.54) is 12.1 Å². The number of nitrogens with zero attached hydrogens (tertiary/aromatic N) is 2. The van der Waals surface area contributed by atoms with E-state index in [-0.39, 0.29) is 5.82 Å². The Labute approximate surface area is 112 Å². The first-order valence-electron chi connectivity index (χ1n) is 6.35.